The zero-order chi connectivity index (χ0) is 15.1. The van der Waals surface area contributed by atoms with Crippen LogP contribution in [0.1, 0.15) is 42.6 Å². The normalized spacial score (nSPS) is 11.9. The van der Waals surface area contributed by atoms with Crippen LogP contribution in [0.15, 0.2) is 18.2 Å². The fraction of sp³-hybridized carbons (Fsp3) is 0.467. The van der Waals surface area contributed by atoms with Crippen LogP contribution in [0.25, 0.3) is 0 Å². The molecular weight excluding hydrogens is 274 g/mol. The minimum Gasteiger partial charge on any atom is -0.478 e. The second-order valence-corrected chi connectivity index (χ2v) is 6.14. The molecule has 1 atom stereocenters. The van der Waals surface area contributed by atoms with Crippen molar-refractivity contribution in [3.8, 4) is 0 Å². The van der Waals surface area contributed by atoms with E-state index in [9.17, 15) is 9.59 Å². The monoisotopic (exact) mass is 295 g/mol. The predicted octanol–water partition coefficient (Wildman–Crippen LogP) is 3.55. The van der Waals surface area contributed by atoms with E-state index in [4.69, 9.17) is 5.11 Å². The first-order valence-corrected chi connectivity index (χ1v) is 7.77. The number of carboxylic acid groups (broad SMARTS) is 1. The number of unbranched alkanes of at least 4 members (excludes halogenated alkanes) is 1. The number of amides is 1. The van der Waals surface area contributed by atoms with Crippen molar-refractivity contribution in [1.29, 1.82) is 0 Å². The average Bonchev–Trinajstić information content (AvgIpc) is 2.38. The molecule has 1 unspecified atom stereocenters. The molecule has 0 saturated heterocycles. The second-order valence-electron chi connectivity index (χ2n) is 4.69. The highest BCUT2D eigenvalue weighted by molar-refractivity contribution is 8.00. The Hall–Kier alpha value is -1.49. The number of carbonyl (C=O) groups is 2. The Morgan fingerprint density at radius 3 is 2.65 bits per heavy atom. The number of carbonyl (C=O) groups excluding carboxylic acids is 1. The molecule has 1 aromatic rings. The van der Waals surface area contributed by atoms with E-state index >= 15 is 0 Å². The first-order valence-electron chi connectivity index (χ1n) is 6.72. The molecule has 0 saturated carbocycles. The molecule has 110 valence electrons. The zero-order valence-corrected chi connectivity index (χ0v) is 12.9. The van der Waals surface area contributed by atoms with Crippen molar-refractivity contribution in [3.05, 3.63) is 29.3 Å². The van der Waals surface area contributed by atoms with Gasteiger partial charge in [-0.25, -0.2) is 4.79 Å². The Kier molecular flexibility index (Phi) is 6.58. The SMILES string of the molecule is CCCCSC(C)C(=O)Nc1ccc(C(=O)O)c(C)c1. The van der Waals surface area contributed by atoms with E-state index in [-0.39, 0.29) is 16.7 Å². The van der Waals surface area contributed by atoms with E-state index < -0.39 is 5.97 Å². The van der Waals surface area contributed by atoms with Crippen LogP contribution in [-0.4, -0.2) is 28.0 Å². The first kappa shape index (κ1) is 16.6. The number of hydrogen-bond acceptors (Lipinski definition) is 3. The summed E-state index contributed by atoms with van der Waals surface area (Å²) in [6.07, 6.45) is 2.23. The highest BCUT2D eigenvalue weighted by atomic mass is 32.2. The largest absolute Gasteiger partial charge is 0.478 e. The van der Waals surface area contributed by atoms with Gasteiger partial charge in [0.25, 0.3) is 0 Å². The van der Waals surface area contributed by atoms with Gasteiger partial charge in [0.2, 0.25) is 5.91 Å². The van der Waals surface area contributed by atoms with Crippen molar-refractivity contribution >= 4 is 29.3 Å². The highest BCUT2D eigenvalue weighted by Crippen LogP contribution is 2.18. The lowest BCUT2D eigenvalue weighted by Crippen LogP contribution is -2.23. The number of anilines is 1. The molecule has 0 heterocycles. The van der Waals surface area contributed by atoms with Gasteiger partial charge in [-0.1, -0.05) is 13.3 Å². The van der Waals surface area contributed by atoms with Crippen molar-refractivity contribution in [2.45, 2.75) is 38.9 Å². The van der Waals surface area contributed by atoms with Crippen molar-refractivity contribution in [2.75, 3.05) is 11.1 Å². The molecule has 1 aromatic carbocycles. The first-order chi connectivity index (χ1) is 9.45. The molecule has 20 heavy (non-hydrogen) atoms. The number of thioether (sulfide) groups is 1. The van der Waals surface area contributed by atoms with Crippen LogP contribution >= 0.6 is 11.8 Å². The summed E-state index contributed by atoms with van der Waals surface area (Å²) in [6.45, 7) is 5.73. The topological polar surface area (TPSA) is 66.4 Å². The molecule has 2 N–H and O–H groups in total. The predicted molar refractivity (Wildman–Crippen MR) is 83.6 cm³/mol. The quantitative estimate of drug-likeness (QED) is 0.755. The van der Waals surface area contributed by atoms with Crippen LogP contribution in [0.4, 0.5) is 5.69 Å². The number of carboxylic acids is 1. The third-order valence-electron chi connectivity index (χ3n) is 2.96. The number of aryl methyl sites for hydroxylation is 1. The van der Waals surface area contributed by atoms with Gasteiger partial charge in [0.15, 0.2) is 0 Å². The number of aromatic carboxylic acids is 1. The van der Waals surface area contributed by atoms with E-state index in [1.165, 1.54) is 6.07 Å². The maximum Gasteiger partial charge on any atom is 0.335 e. The van der Waals surface area contributed by atoms with Crippen molar-refractivity contribution in [2.24, 2.45) is 0 Å². The zero-order valence-electron chi connectivity index (χ0n) is 12.1. The summed E-state index contributed by atoms with van der Waals surface area (Å²) in [6, 6.07) is 4.82. The summed E-state index contributed by atoms with van der Waals surface area (Å²) in [5, 5.41) is 11.7. The second kappa shape index (κ2) is 7.94. The van der Waals surface area contributed by atoms with E-state index in [0.29, 0.717) is 11.3 Å². The van der Waals surface area contributed by atoms with Gasteiger partial charge in [0.05, 0.1) is 10.8 Å². The van der Waals surface area contributed by atoms with Crippen molar-refractivity contribution < 1.29 is 14.7 Å². The molecule has 0 aliphatic carbocycles. The molecule has 0 bridgehead atoms. The van der Waals surface area contributed by atoms with E-state index in [1.54, 1.807) is 30.8 Å². The summed E-state index contributed by atoms with van der Waals surface area (Å²) >= 11 is 1.63. The van der Waals surface area contributed by atoms with Crippen LogP contribution in [0.5, 0.6) is 0 Å². The van der Waals surface area contributed by atoms with Gasteiger partial charge in [0, 0.05) is 5.69 Å². The number of hydrogen-bond donors (Lipinski definition) is 2. The average molecular weight is 295 g/mol. The van der Waals surface area contributed by atoms with Crippen molar-refractivity contribution in [1.82, 2.24) is 0 Å². The summed E-state index contributed by atoms with van der Waals surface area (Å²) in [7, 11) is 0. The van der Waals surface area contributed by atoms with Crippen LogP contribution < -0.4 is 5.32 Å². The lowest BCUT2D eigenvalue weighted by atomic mass is 10.1. The van der Waals surface area contributed by atoms with Crippen LogP contribution in [0, 0.1) is 6.92 Å². The minimum absolute atomic E-state index is 0.0476. The fourth-order valence-corrected chi connectivity index (χ4v) is 2.72. The Morgan fingerprint density at radius 1 is 1.40 bits per heavy atom. The lowest BCUT2D eigenvalue weighted by molar-refractivity contribution is -0.115. The lowest BCUT2D eigenvalue weighted by Gasteiger charge is -2.12. The van der Waals surface area contributed by atoms with Gasteiger partial charge < -0.3 is 10.4 Å². The third kappa shape index (κ3) is 4.89. The summed E-state index contributed by atoms with van der Waals surface area (Å²) in [5.74, 6) is -0.0281. The maximum absolute atomic E-state index is 12.0. The standard InChI is InChI=1S/C15H21NO3S/c1-4-5-8-20-11(3)14(17)16-12-6-7-13(15(18)19)10(2)9-12/h6-7,9,11H,4-5,8H2,1-3H3,(H,16,17)(H,18,19). The molecule has 0 aliphatic rings. The van der Waals surface area contributed by atoms with Gasteiger partial charge in [0.1, 0.15) is 0 Å². The van der Waals surface area contributed by atoms with E-state index in [1.807, 2.05) is 6.92 Å². The Morgan fingerprint density at radius 2 is 2.10 bits per heavy atom. The molecule has 0 aliphatic heterocycles. The van der Waals surface area contributed by atoms with Crippen molar-refractivity contribution in [3.63, 3.8) is 0 Å². The highest BCUT2D eigenvalue weighted by Gasteiger charge is 2.14. The van der Waals surface area contributed by atoms with Gasteiger partial charge in [-0.15, -0.1) is 11.8 Å². The minimum atomic E-state index is -0.955. The Bertz CT molecular complexity index is 488. The van der Waals surface area contributed by atoms with Crippen LogP contribution in [0.3, 0.4) is 0 Å². The van der Waals surface area contributed by atoms with Gasteiger partial charge >= 0.3 is 5.97 Å². The fourth-order valence-electron chi connectivity index (χ4n) is 1.71. The molecule has 0 spiro atoms. The third-order valence-corrected chi connectivity index (χ3v) is 4.20. The Labute approximate surface area is 124 Å². The van der Waals surface area contributed by atoms with Gasteiger partial charge in [-0.2, -0.15) is 0 Å². The van der Waals surface area contributed by atoms with E-state index in [2.05, 4.69) is 12.2 Å². The Balaban J connectivity index is 2.62. The number of rotatable bonds is 7. The summed E-state index contributed by atoms with van der Waals surface area (Å²) < 4.78 is 0. The van der Waals surface area contributed by atoms with Crippen LogP contribution in [0.2, 0.25) is 0 Å². The smallest absolute Gasteiger partial charge is 0.335 e. The molecule has 4 nitrogen and oxygen atoms in total. The van der Waals surface area contributed by atoms with Crippen LogP contribution in [-0.2, 0) is 4.79 Å². The molecule has 0 fully saturated rings. The summed E-state index contributed by atoms with van der Waals surface area (Å²) in [5.41, 5.74) is 1.54. The molecule has 1 amide bonds. The van der Waals surface area contributed by atoms with E-state index in [0.717, 1.165) is 18.6 Å². The molecule has 5 heteroatoms. The maximum atomic E-state index is 12.0. The number of benzene rings is 1. The molecular formula is C15H21NO3S. The molecule has 0 radical (unpaired) electrons. The number of nitrogens with one attached hydrogen (secondary N) is 1. The van der Waals surface area contributed by atoms with Gasteiger partial charge in [-0.05, 0) is 49.8 Å². The van der Waals surface area contributed by atoms with Gasteiger partial charge in [-0.3, -0.25) is 4.79 Å². The molecule has 1 rings (SSSR count). The summed E-state index contributed by atoms with van der Waals surface area (Å²) in [4.78, 5) is 22.9. The molecule has 0 aromatic heterocycles.